The van der Waals surface area contributed by atoms with Gasteiger partial charge in [0.1, 0.15) is 0 Å². The summed E-state index contributed by atoms with van der Waals surface area (Å²) in [6.45, 7) is 9.36. The van der Waals surface area contributed by atoms with Crippen LogP contribution < -0.4 is 0 Å². The lowest BCUT2D eigenvalue weighted by Gasteiger charge is -2.31. The molecule has 2 aromatic heterocycles. The number of hydrogen-bond acceptors (Lipinski definition) is 2. The Kier molecular flexibility index (Phi) is 9.10. The van der Waals surface area contributed by atoms with Crippen LogP contribution in [0.3, 0.4) is 0 Å². The van der Waals surface area contributed by atoms with E-state index < -0.39 is 0 Å². The molecule has 2 heteroatoms. The molecule has 2 atom stereocenters. The van der Waals surface area contributed by atoms with Crippen LogP contribution in [-0.4, -0.2) is 9.97 Å². The molecular formula is C57H48N2. The van der Waals surface area contributed by atoms with E-state index in [2.05, 4.69) is 210 Å². The van der Waals surface area contributed by atoms with Gasteiger partial charge in [0, 0.05) is 32.7 Å². The van der Waals surface area contributed by atoms with Crippen molar-refractivity contribution in [1.82, 2.24) is 9.97 Å². The Morgan fingerprint density at radius 1 is 0.322 bits per heavy atom. The van der Waals surface area contributed by atoms with Gasteiger partial charge in [-0.2, -0.15) is 0 Å². The number of pyridine rings is 2. The molecule has 59 heavy (non-hydrogen) atoms. The Hall–Kier alpha value is -6.64. The van der Waals surface area contributed by atoms with E-state index in [0.29, 0.717) is 0 Å². The average molecular weight is 761 g/mol. The minimum atomic E-state index is -0.105. The van der Waals surface area contributed by atoms with Crippen LogP contribution in [0.1, 0.15) is 69.2 Å². The van der Waals surface area contributed by atoms with E-state index in [-0.39, 0.29) is 10.8 Å². The van der Waals surface area contributed by atoms with Gasteiger partial charge in [-0.15, -0.1) is 0 Å². The molecule has 0 aliphatic carbocycles. The fourth-order valence-corrected chi connectivity index (χ4v) is 9.41. The first-order valence-electron chi connectivity index (χ1n) is 21.2. The smallest absolute Gasteiger partial charge is 0.0972 e. The van der Waals surface area contributed by atoms with Gasteiger partial charge in [-0.3, -0.25) is 0 Å². The van der Waals surface area contributed by atoms with Gasteiger partial charge in [0.05, 0.1) is 22.4 Å². The first-order valence-corrected chi connectivity index (χ1v) is 21.2. The number of benzene rings is 7. The minimum Gasteiger partial charge on any atom is -0.245 e. The average Bonchev–Trinajstić information content (AvgIpc) is 3.31. The lowest BCUT2D eigenvalue weighted by atomic mass is 9.72. The molecule has 2 nitrogen and oxygen atoms in total. The molecule has 9 aromatic rings. The van der Waals surface area contributed by atoms with Crippen LogP contribution in [0.5, 0.6) is 0 Å². The van der Waals surface area contributed by atoms with Crippen molar-refractivity contribution in [3.05, 3.63) is 204 Å². The highest BCUT2D eigenvalue weighted by Crippen LogP contribution is 2.40. The maximum absolute atomic E-state index is 5.24. The highest BCUT2D eigenvalue weighted by Gasteiger charge is 2.29. The second-order valence-corrected chi connectivity index (χ2v) is 16.8. The fourth-order valence-electron chi connectivity index (χ4n) is 9.41. The Morgan fingerprint density at radius 2 is 0.593 bits per heavy atom. The molecule has 286 valence electrons. The van der Waals surface area contributed by atoms with E-state index in [4.69, 9.17) is 9.97 Å². The number of hydrogen-bond donors (Lipinski definition) is 0. The number of rotatable bonds is 3. The zero-order valence-corrected chi connectivity index (χ0v) is 34.3. The minimum absolute atomic E-state index is 0.0957. The summed E-state index contributed by atoms with van der Waals surface area (Å²) in [6, 6.07) is 67.5. The van der Waals surface area contributed by atoms with Gasteiger partial charge in [0.2, 0.25) is 0 Å². The molecule has 12 heterocycles. The monoisotopic (exact) mass is 760 g/mol. The number of aromatic nitrogens is 2. The van der Waals surface area contributed by atoms with Crippen LogP contribution in [-0.2, 0) is 10.8 Å². The summed E-state index contributed by atoms with van der Waals surface area (Å²) in [5.41, 5.74) is 18.3. The molecular weight excluding hydrogens is 713 g/mol. The summed E-state index contributed by atoms with van der Waals surface area (Å²) in [5, 5.41) is 2.17. The van der Waals surface area contributed by atoms with Crippen LogP contribution in [0.15, 0.2) is 182 Å². The lowest BCUT2D eigenvalue weighted by Crippen LogP contribution is -2.23. The summed E-state index contributed by atoms with van der Waals surface area (Å²) >= 11 is 0. The molecule has 16 bridgehead atoms. The Labute approximate surface area is 348 Å². The van der Waals surface area contributed by atoms with E-state index in [0.717, 1.165) is 63.6 Å². The van der Waals surface area contributed by atoms with Crippen molar-refractivity contribution in [2.24, 2.45) is 0 Å². The van der Waals surface area contributed by atoms with E-state index in [9.17, 15) is 0 Å². The third-order valence-corrected chi connectivity index (χ3v) is 13.4. The van der Waals surface area contributed by atoms with Crippen molar-refractivity contribution in [2.75, 3.05) is 0 Å². The van der Waals surface area contributed by atoms with Crippen molar-refractivity contribution >= 4 is 21.8 Å². The molecule has 0 fully saturated rings. The molecule has 2 unspecified atom stereocenters. The van der Waals surface area contributed by atoms with Gasteiger partial charge in [-0.25, -0.2) is 9.97 Å². The Balaban J connectivity index is 1.09. The first kappa shape index (κ1) is 36.7. The van der Waals surface area contributed by atoms with E-state index in [1.165, 1.54) is 55.6 Å². The van der Waals surface area contributed by atoms with Crippen molar-refractivity contribution in [3.63, 3.8) is 0 Å². The summed E-state index contributed by atoms with van der Waals surface area (Å²) in [7, 11) is 0. The Bertz CT molecular complexity index is 2940. The molecule has 7 aromatic carbocycles. The third kappa shape index (κ3) is 6.44. The summed E-state index contributed by atoms with van der Waals surface area (Å²) in [5.74, 6) is 0. The molecule has 10 aliphatic heterocycles. The van der Waals surface area contributed by atoms with Gasteiger partial charge in [-0.1, -0.05) is 204 Å². The predicted molar refractivity (Wildman–Crippen MR) is 249 cm³/mol. The molecule has 19 rings (SSSR count). The highest BCUT2D eigenvalue weighted by molar-refractivity contribution is 6.04. The quantitative estimate of drug-likeness (QED) is 0.168. The van der Waals surface area contributed by atoms with Crippen LogP contribution in [0.25, 0.3) is 77.7 Å². The summed E-state index contributed by atoms with van der Waals surface area (Å²) in [6.07, 6.45) is 3.18. The molecule has 0 radical (unpaired) electrons. The second-order valence-electron chi connectivity index (χ2n) is 16.8. The Morgan fingerprint density at radius 3 is 0.898 bits per heavy atom. The van der Waals surface area contributed by atoms with Gasteiger partial charge in [0.25, 0.3) is 0 Å². The van der Waals surface area contributed by atoms with Gasteiger partial charge < -0.3 is 0 Å². The molecule has 0 saturated heterocycles. The molecule has 0 N–H and O–H groups in total. The zero-order valence-electron chi connectivity index (χ0n) is 34.3. The van der Waals surface area contributed by atoms with E-state index in [1.54, 1.807) is 0 Å². The molecule has 0 amide bonds. The van der Waals surface area contributed by atoms with Crippen LogP contribution in [0.2, 0.25) is 0 Å². The fraction of sp³-hybridized carbons (Fsp3) is 0.158. The SMILES string of the molecule is CCCC1(C)c2ccc(cc2)-c2ccc(cc2)-c2ccc3ccc4ccc(nc4c3n2)-c2ccc(cc2)-c2ccc(cc2)C(C)(CC)c2ccc(cc2)-c2ccc1cc2. The maximum atomic E-state index is 5.24. The van der Waals surface area contributed by atoms with Gasteiger partial charge in [-0.05, 0) is 80.6 Å². The largest absolute Gasteiger partial charge is 0.245 e. The zero-order chi connectivity index (χ0) is 40.1. The number of nitrogens with zero attached hydrogens (tertiary/aromatic N) is 2. The van der Waals surface area contributed by atoms with Crippen LogP contribution in [0, 0.1) is 0 Å². The van der Waals surface area contributed by atoms with Crippen LogP contribution in [0.4, 0.5) is 0 Å². The highest BCUT2D eigenvalue weighted by atomic mass is 14.8. The molecule has 0 saturated carbocycles. The van der Waals surface area contributed by atoms with Crippen molar-refractivity contribution < 1.29 is 0 Å². The molecule has 0 spiro atoms. The predicted octanol–water partition coefficient (Wildman–Crippen LogP) is 15.3. The van der Waals surface area contributed by atoms with E-state index >= 15 is 0 Å². The summed E-state index contributed by atoms with van der Waals surface area (Å²) < 4.78 is 0. The molecule has 10 aliphatic rings. The standard InChI is InChI=1S/C57H48N2/c1-5-37-57(4)50-31-21-41(22-32-50)39-9-13-45(14-10-39)53-36-26-47-16-15-46-25-35-52(58-54(46)55(47)59-53)44-11-7-38(8-12-44)40-17-27-48(28-18-40)56(3,6-2)49-29-19-42(20-30-49)43-23-33-51(57)34-24-43/h7-36H,5-6,37H2,1-4H3. The maximum Gasteiger partial charge on any atom is 0.0972 e. The first-order chi connectivity index (χ1) is 28.8. The van der Waals surface area contributed by atoms with Gasteiger partial charge in [0.15, 0.2) is 0 Å². The van der Waals surface area contributed by atoms with Crippen molar-refractivity contribution in [3.8, 4) is 55.9 Å². The van der Waals surface area contributed by atoms with Crippen molar-refractivity contribution in [1.29, 1.82) is 0 Å². The number of fused-ring (bicyclic) bond motifs is 2. The van der Waals surface area contributed by atoms with Gasteiger partial charge >= 0.3 is 0 Å². The normalized spacial score (nSPS) is 17.2. The third-order valence-electron chi connectivity index (χ3n) is 13.4. The lowest BCUT2D eigenvalue weighted by molar-refractivity contribution is 0.512. The topological polar surface area (TPSA) is 25.8 Å². The van der Waals surface area contributed by atoms with Crippen molar-refractivity contribution in [2.45, 2.75) is 57.8 Å². The van der Waals surface area contributed by atoms with E-state index in [1.807, 2.05) is 0 Å². The second kappa shape index (κ2) is 14.6. The summed E-state index contributed by atoms with van der Waals surface area (Å²) in [4.78, 5) is 10.5. The van der Waals surface area contributed by atoms with Crippen LogP contribution >= 0.6 is 0 Å².